The molecule has 21 heavy (non-hydrogen) atoms. The topological polar surface area (TPSA) is 44.4 Å². The normalized spacial score (nSPS) is 19.2. The van der Waals surface area contributed by atoms with Crippen molar-refractivity contribution >= 4 is 11.7 Å². The molecule has 1 aromatic carbocycles. The van der Waals surface area contributed by atoms with Crippen molar-refractivity contribution in [1.29, 1.82) is 0 Å². The third-order valence-electron chi connectivity index (χ3n) is 3.93. The van der Waals surface area contributed by atoms with Gasteiger partial charge in [-0.15, -0.1) is 0 Å². The molecule has 4 nitrogen and oxygen atoms in total. The number of nitrogens with one attached hydrogen (secondary N) is 2. The maximum atomic E-state index is 13.0. The van der Waals surface area contributed by atoms with Crippen molar-refractivity contribution in [3.8, 4) is 0 Å². The summed E-state index contributed by atoms with van der Waals surface area (Å²) in [6, 6.07) is 6.26. The Balaban J connectivity index is 1.63. The second kappa shape index (κ2) is 7.98. The van der Waals surface area contributed by atoms with Gasteiger partial charge in [-0.1, -0.05) is 12.5 Å². The van der Waals surface area contributed by atoms with Crippen molar-refractivity contribution in [1.82, 2.24) is 10.2 Å². The third-order valence-corrected chi connectivity index (χ3v) is 3.93. The van der Waals surface area contributed by atoms with E-state index in [0.29, 0.717) is 18.3 Å². The smallest absolute Gasteiger partial charge is 0.319 e. The molecule has 1 heterocycles. The van der Waals surface area contributed by atoms with Crippen molar-refractivity contribution in [3.63, 3.8) is 0 Å². The molecule has 1 aliphatic rings. The molecule has 1 saturated heterocycles. The molecule has 1 atom stereocenters. The minimum atomic E-state index is -0.355. The summed E-state index contributed by atoms with van der Waals surface area (Å²) in [6.45, 7) is 5.08. The Morgan fingerprint density at radius 3 is 3.05 bits per heavy atom. The zero-order valence-electron chi connectivity index (χ0n) is 12.6. The van der Waals surface area contributed by atoms with E-state index in [2.05, 4.69) is 22.5 Å². The van der Waals surface area contributed by atoms with Crippen LogP contribution in [0, 0.1) is 5.82 Å². The Bertz CT molecular complexity index is 467. The lowest BCUT2D eigenvalue weighted by atomic mass is 10.0. The minimum Gasteiger partial charge on any atom is -0.338 e. The predicted molar refractivity (Wildman–Crippen MR) is 82.9 cm³/mol. The van der Waals surface area contributed by atoms with Crippen LogP contribution in [0.25, 0.3) is 0 Å². The van der Waals surface area contributed by atoms with E-state index in [1.165, 1.54) is 31.4 Å². The van der Waals surface area contributed by atoms with Gasteiger partial charge in [-0.25, -0.2) is 9.18 Å². The van der Waals surface area contributed by atoms with Gasteiger partial charge in [-0.2, -0.15) is 0 Å². The van der Waals surface area contributed by atoms with Gasteiger partial charge in [-0.3, -0.25) is 0 Å². The van der Waals surface area contributed by atoms with Gasteiger partial charge in [0, 0.05) is 24.8 Å². The number of carbonyl (C=O) groups excluding carboxylic acids is 1. The monoisotopic (exact) mass is 293 g/mol. The van der Waals surface area contributed by atoms with Crippen molar-refractivity contribution in [2.24, 2.45) is 0 Å². The Labute approximate surface area is 125 Å². The molecule has 1 aromatic rings. The number of urea groups is 1. The lowest BCUT2D eigenvalue weighted by molar-refractivity contribution is 0.159. The Kier molecular flexibility index (Phi) is 5.99. The van der Waals surface area contributed by atoms with E-state index in [1.54, 1.807) is 12.1 Å². The standard InChI is InChI=1S/C16H24FN3O/c1-13-6-2-3-10-20(13)11-5-9-18-16(21)19-15-8-4-7-14(17)12-15/h4,7-8,12-13H,2-3,5-6,9-11H2,1H3,(H2,18,19,21). The number of piperidine rings is 1. The predicted octanol–water partition coefficient (Wildman–Crippen LogP) is 3.21. The molecule has 2 rings (SSSR count). The third kappa shape index (κ3) is 5.34. The first-order valence-corrected chi connectivity index (χ1v) is 7.69. The maximum absolute atomic E-state index is 13.0. The fourth-order valence-corrected chi connectivity index (χ4v) is 2.72. The summed E-state index contributed by atoms with van der Waals surface area (Å²) in [7, 11) is 0. The molecule has 0 spiro atoms. The fourth-order valence-electron chi connectivity index (χ4n) is 2.72. The van der Waals surface area contributed by atoms with Crippen LogP contribution in [0.5, 0.6) is 0 Å². The van der Waals surface area contributed by atoms with E-state index >= 15 is 0 Å². The molecule has 2 N–H and O–H groups in total. The first-order valence-electron chi connectivity index (χ1n) is 7.69. The first kappa shape index (κ1) is 15.8. The molecule has 0 saturated carbocycles. The fraction of sp³-hybridized carbons (Fsp3) is 0.562. The van der Waals surface area contributed by atoms with Crippen LogP contribution in [0.4, 0.5) is 14.9 Å². The molecule has 1 unspecified atom stereocenters. The number of halogens is 1. The molecule has 0 radical (unpaired) electrons. The van der Waals surface area contributed by atoms with Gasteiger partial charge < -0.3 is 15.5 Å². The first-order chi connectivity index (χ1) is 10.1. The van der Waals surface area contributed by atoms with Gasteiger partial charge in [0.2, 0.25) is 0 Å². The number of hydrogen-bond acceptors (Lipinski definition) is 2. The van der Waals surface area contributed by atoms with E-state index in [4.69, 9.17) is 0 Å². The zero-order valence-corrected chi connectivity index (χ0v) is 12.6. The van der Waals surface area contributed by atoms with E-state index in [-0.39, 0.29) is 11.8 Å². The van der Waals surface area contributed by atoms with E-state index in [9.17, 15) is 9.18 Å². The summed E-state index contributed by atoms with van der Waals surface area (Å²) in [5, 5.41) is 5.43. The summed E-state index contributed by atoms with van der Waals surface area (Å²) in [6.07, 6.45) is 4.80. The molecule has 2 amide bonds. The second-order valence-corrected chi connectivity index (χ2v) is 5.63. The number of hydrogen-bond donors (Lipinski definition) is 2. The van der Waals surface area contributed by atoms with Crippen molar-refractivity contribution in [2.45, 2.75) is 38.6 Å². The average Bonchev–Trinajstić information content (AvgIpc) is 2.45. The highest BCUT2D eigenvalue weighted by atomic mass is 19.1. The molecule has 0 aromatic heterocycles. The van der Waals surface area contributed by atoms with Crippen LogP contribution in [-0.4, -0.2) is 36.6 Å². The van der Waals surface area contributed by atoms with Crippen LogP contribution in [0.15, 0.2) is 24.3 Å². The SMILES string of the molecule is CC1CCCCN1CCCNC(=O)Nc1cccc(F)c1. The number of anilines is 1. The van der Waals surface area contributed by atoms with Gasteiger partial charge in [0.05, 0.1) is 0 Å². The molecule has 0 bridgehead atoms. The zero-order chi connectivity index (χ0) is 15.1. The van der Waals surface area contributed by atoms with Crippen molar-refractivity contribution in [2.75, 3.05) is 25.0 Å². The van der Waals surface area contributed by atoms with Crippen LogP contribution in [0.1, 0.15) is 32.6 Å². The summed E-state index contributed by atoms with van der Waals surface area (Å²) in [4.78, 5) is 14.2. The summed E-state index contributed by atoms with van der Waals surface area (Å²) in [5.74, 6) is -0.355. The van der Waals surface area contributed by atoms with Crippen LogP contribution in [0.2, 0.25) is 0 Å². The molecule has 1 aliphatic heterocycles. The summed E-state index contributed by atoms with van der Waals surface area (Å²) >= 11 is 0. The molecular weight excluding hydrogens is 269 g/mol. The largest absolute Gasteiger partial charge is 0.338 e. The van der Waals surface area contributed by atoms with Gasteiger partial charge in [0.1, 0.15) is 5.82 Å². The lowest BCUT2D eigenvalue weighted by Crippen LogP contribution is -2.39. The summed E-state index contributed by atoms with van der Waals surface area (Å²) < 4.78 is 13.0. The second-order valence-electron chi connectivity index (χ2n) is 5.63. The highest BCUT2D eigenvalue weighted by molar-refractivity contribution is 5.89. The van der Waals surface area contributed by atoms with Gasteiger partial charge in [0.25, 0.3) is 0 Å². The molecule has 5 heteroatoms. The lowest BCUT2D eigenvalue weighted by Gasteiger charge is -2.33. The van der Waals surface area contributed by atoms with Crippen molar-refractivity contribution in [3.05, 3.63) is 30.1 Å². The molecule has 116 valence electrons. The molecule has 0 aliphatic carbocycles. The number of likely N-dealkylation sites (tertiary alicyclic amines) is 1. The van der Waals surface area contributed by atoms with Crippen LogP contribution < -0.4 is 10.6 Å². The van der Waals surface area contributed by atoms with Crippen LogP contribution in [0.3, 0.4) is 0 Å². The molecule has 1 fully saturated rings. The van der Waals surface area contributed by atoms with Gasteiger partial charge in [-0.05, 0) is 50.9 Å². The van der Waals surface area contributed by atoms with Gasteiger partial charge in [0.15, 0.2) is 0 Å². The Morgan fingerprint density at radius 1 is 1.43 bits per heavy atom. The van der Waals surface area contributed by atoms with Crippen LogP contribution in [-0.2, 0) is 0 Å². The number of nitrogens with zero attached hydrogens (tertiary/aromatic N) is 1. The molecular formula is C16H24FN3O. The number of benzene rings is 1. The van der Waals surface area contributed by atoms with E-state index in [1.807, 2.05) is 0 Å². The quantitative estimate of drug-likeness (QED) is 0.819. The highest BCUT2D eigenvalue weighted by Gasteiger charge is 2.17. The number of rotatable bonds is 5. The number of amides is 2. The Hall–Kier alpha value is -1.62. The maximum Gasteiger partial charge on any atom is 0.319 e. The average molecular weight is 293 g/mol. The Morgan fingerprint density at radius 2 is 2.29 bits per heavy atom. The minimum absolute atomic E-state index is 0.285. The van der Waals surface area contributed by atoms with E-state index < -0.39 is 0 Å². The van der Waals surface area contributed by atoms with Crippen LogP contribution >= 0.6 is 0 Å². The number of carbonyl (C=O) groups is 1. The van der Waals surface area contributed by atoms with Crippen molar-refractivity contribution < 1.29 is 9.18 Å². The van der Waals surface area contributed by atoms with E-state index in [0.717, 1.165) is 19.5 Å². The van der Waals surface area contributed by atoms with Gasteiger partial charge >= 0.3 is 6.03 Å². The summed E-state index contributed by atoms with van der Waals surface area (Å²) in [5.41, 5.74) is 0.470. The highest BCUT2D eigenvalue weighted by Crippen LogP contribution is 2.16.